The van der Waals surface area contributed by atoms with Crippen molar-refractivity contribution in [3.05, 3.63) is 23.8 Å². The van der Waals surface area contributed by atoms with Crippen molar-refractivity contribution in [1.29, 1.82) is 0 Å². The van der Waals surface area contributed by atoms with Crippen LogP contribution in [0.15, 0.2) is 18.2 Å². The Hall–Kier alpha value is -2.24. The highest BCUT2D eigenvalue weighted by Gasteiger charge is 2.18. The maximum Gasteiger partial charge on any atom is 0.337 e. The molecule has 18 heavy (non-hydrogen) atoms. The molecule has 1 amide bonds. The van der Waals surface area contributed by atoms with Crippen molar-refractivity contribution in [2.24, 2.45) is 0 Å². The first-order chi connectivity index (χ1) is 8.59. The fourth-order valence-electron chi connectivity index (χ4n) is 2.02. The number of para-hydroxylation sites is 1. The minimum atomic E-state index is -1.04. The first-order valence-corrected chi connectivity index (χ1v) is 5.73. The molecule has 1 saturated heterocycles. The Labute approximate surface area is 104 Å². The summed E-state index contributed by atoms with van der Waals surface area (Å²) in [6.45, 7) is 1.70. The van der Waals surface area contributed by atoms with Crippen LogP contribution in [0, 0.1) is 0 Å². The molecule has 0 bridgehead atoms. The number of rotatable bonds is 2. The quantitative estimate of drug-likeness (QED) is 0.655. The standard InChI is InChI=1S/C12H15N3O3/c13-11-8(12(17)18)2-1-3-9(11)15-6-4-10(16)14-5-7-15/h1-3H,4-7,13H2,(H,14,16)(H,17,18). The highest BCUT2D eigenvalue weighted by atomic mass is 16.4. The predicted octanol–water partition coefficient (Wildman–Crippen LogP) is 0.293. The minimum Gasteiger partial charge on any atom is -0.478 e. The maximum absolute atomic E-state index is 11.3. The van der Waals surface area contributed by atoms with Gasteiger partial charge in [0.2, 0.25) is 5.91 Å². The molecule has 96 valence electrons. The number of amides is 1. The van der Waals surface area contributed by atoms with Crippen LogP contribution in [0.2, 0.25) is 0 Å². The molecule has 4 N–H and O–H groups in total. The van der Waals surface area contributed by atoms with Crippen LogP contribution in [0.3, 0.4) is 0 Å². The van der Waals surface area contributed by atoms with E-state index in [1.807, 2.05) is 4.90 Å². The van der Waals surface area contributed by atoms with Crippen LogP contribution < -0.4 is 16.0 Å². The molecule has 1 aliphatic rings. The number of carboxylic acid groups (broad SMARTS) is 1. The summed E-state index contributed by atoms with van der Waals surface area (Å²) in [5.41, 5.74) is 6.89. The third-order valence-electron chi connectivity index (χ3n) is 2.97. The Morgan fingerprint density at radius 2 is 2.17 bits per heavy atom. The van der Waals surface area contributed by atoms with Gasteiger partial charge in [0.05, 0.1) is 16.9 Å². The smallest absolute Gasteiger partial charge is 0.337 e. The van der Waals surface area contributed by atoms with Crippen molar-refractivity contribution in [3.8, 4) is 0 Å². The normalized spacial score (nSPS) is 16.0. The summed E-state index contributed by atoms with van der Waals surface area (Å²) < 4.78 is 0. The number of carbonyl (C=O) groups is 2. The number of carboxylic acids is 1. The molecule has 1 aliphatic heterocycles. The molecule has 0 aliphatic carbocycles. The molecule has 0 aromatic heterocycles. The van der Waals surface area contributed by atoms with Gasteiger partial charge in [0.25, 0.3) is 0 Å². The van der Waals surface area contributed by atoms with Crippen molar-refractivity contribution in [2.75, 3.05) is 30.3 Å². The Balaban J connectivity index is 2.30. The molecule has 0 atom stereocenters. The summed E-state index contributed by atoms with van der Waals surface area (Å²) in [5, 5.41) is 11.8. The van der Waals surface area contributed by atoms with E-state index in [1.165, 1.54) is 6.07 Å². The molecular formula is C12H15N3O3. The summed E-state index contributed by atoms with van der Waals surface area (Å²) in [6, 6.07) is 4.91. The second kappa shape index (κ2) is 4.95. The Bertz CT molecular complexity index is 487. The van der Waals surface area contributed by atoms with E-state index in [0.29, 0.717) is 31.7 Å². The number of benzene rings is 1. The van der Waals surface area contributed by atoms with E-state index in [0.717, 1.165) is 0 Å². The lowest BCUT2D eigenvalue weighted by Crippen LogP contribution is -2.29. The molecular weight excluding hydrogens is 234 g/mol. The summed E-state index contributed by atoms with van der Waals surface area (Å²) in [6.07, 6.45) is 0.386. The number of nitrogens with one attached hydrogen (secondary N) is 1. The molecule has 1 fully saturated rings. The number of hydrogen-bond acceptors (Lipinski definition) is 4. The van der Waals surface area contributed by atoms with Gasteiger partial charge >= 0.3 is 5.97 Å². The number of anilines is 2. The Morgan fingerprint density at radius 1 is 1.39 bits per heavy atom. The molecule has 1 aromatic rings. The van der Waals surface area contributed by atoms with Crippen molar-refractivity contribution in [3.63, 3.8) is 0 Å². The minimum absolute atomic E-state index is 0.00506. The van der Waals surface area contributed by atoms with Gasteiger partial charge in [0.1, 0.15) is 0 Å². The van der Waals surface area contributed by atoms with E-state index in [-0.39, 0.29) is 17.2 Å². The van der Waals surface area contributed by atoms with E-state index in [4.69, 9.17) is 10.8 Å². The highest BCUT2D eigenvalue weighted by Crippen LogP contribution is 2.27. The van der Waals surface area contributed by atoms with Gasteiger partial charge in [0.15, 0.2) is 0 Å². The van der Waals surface area contributed by atoms with E-state index in [9.17, 15) is 9.59 Å². The van der Waals surface area contributed by atoms with Crippen molar-refractivity contribution in [1.82, 2.24) is 5.32 Å². The predicted molar refractivity (Wildman–Crippen MR) is 67.7 cm³/mol. The van der Waals surface area contributed by atoms with Crippen LogP contribution in [-0.4, -0.2) is 36.6 Å². The Kier molecular flexibility index (Phi) is 3.36. The van der Waals surface area contributed by atoms with Gasteiger partial charge in [0, 0.05) is 26.1 Å². The summed E-state index contributed by atoms with van der Waals surface area (Å²) >= 11 is 0. The second-order valence-corrected chi connectivity index (χ2v) is 4.13. The number of nitrogens with two attached hydrogens (primary N) is 1. The van der Waals surface area contributed by atoms with E-state index >= 15 is 0 Å². The van der Waals surface area contributed by atoms with Gasteiger partial charge in [-0.25, -0.2) is 4.79 Å². The number of hydrogen-bond donors (Lipinski definition) is 3. The summed E-state index contributed by atoms with van der Waals surface area (Å²) in [5.74, 6) is -1.04. The maximum atomic E-state index is 11.3. The lowest BCUT2D eigenvalue weighted by atomic mass is 10.1. The van der Waals surface area contributed by atoms with Gasteiger partial charge < -0.3 is 21.1 Å². The zero-order chi connectivity index (χ0) is 13.1. The fraction of sp³-hybridized carbons (Fsp3) is 0.333. The lowest BCUT2D eigenvalue weighted by Gasteiger charge is -2.24. The first kappa shape index (κ1) is 12.2. The average molecular weight is 249 g/mol. The van der Waals surface area contributed by atoms with Crippen molar-refractivity contribution in [2.45, 2.75) is 6.42 Å². The second-order valence-electron chi connectivity index (χ2n) is 4.13. The van der Waals surface area contributed by atoms with E-state index in [1.54, 1.807) is 12.1 Å². The SMILES string of the molecule is Nc1c(C(=O)O)cccc1N1CCNC(=O)CC1. The molecule has 0 unspecified atom stereocenters. The number of carbonyl (C=O) groups excluding carboxylic acids is 1. The molecule has 0 spiro atoms. The number of aromatic carboxylic acids is 1. The van der Waals surface area contributed by atoms with Crippen molar-refractivity contribution >= 4 is 23.3 Å². The topological polar surface area (TPSA) is 95.7 Å². The number of nitrogen functional groups attached to an aromatic ring is 1. The van der Waals surface area contributed by atoms with Crippen LogP contribution in [0.5, 0.6) is 0 Å². The molecule has 0 saturated carbocycles. The van der Waals surface area contributed by atoms with Crippen LogP contribution in [0.25, 0.3) is 0 Å². The van der Waals surface area contributed by atoms with E-state index in [2.05, 4.69) is 5.32 Å². The summed E-state index contributed by atoms with van der Waals surface area (Å²) in [7, 11) is 0. The van der Waals surface area contributed by atoms with Crippen LogP contribution in [0.4, 0.5) is 11.4 Å². The molecule has 1 aromatic carbocycles. The zero-order valence-electron chi connectivity index (χ0n) is 9.85. The molecule has 6 nitrogen and oxygen atoms in total. The molecule has 0 radical (unpaired) electrons. The highest BCUT2D eigenvalue weighted by molar-refractivity contribution is 5.97. The molecule has 2 rings (SSSR count). The zero-order valence-corrected chi connectivity index (χ0v) is 9.85. The molecule has 6 heteroatoms. The third kappa shape index (κ3) is 2.37. The van der Waals surface area contributed by atoms with Gasteiger partial charge in [-0.1, -0.05) is 6.07 Å². The van der Waals surface area contributed by atoms with Gasteiger partial charge in [-0.15, -0.1) is 0 Å². The summed E-state index contributed by atoms with van der Waals surface area (Å²) in [4.78, 5) is 24.2. The van der Waals surface area contributed by atoms with Gasteiger partial charge in [-0.3, -0.25) is 4.79 Å². The first-order valence-electron chi connectivity index (χ1n) is 5.73. The van der Waals surface area contributed by atoms with Crippen molar-refractivity contribution < 1.29 is 14.7 Å². The molecule has 1 heterocycles. The van der Waals surface area contributed by atoms with Crippen LogP contribution >= 0.6 is 0 Å². The fourth-order valence-corrected chi connectivity index (χ4v) is 2.02. The van der Waals surface area contributed by atoms with Crippen LogP contribution in [-0.2, 0) is 4.79 Å². The number of nitrogens with zero attached hydrogens (tertiary/aromatic N) is 1. The largest absolute Gasteiger partial charge is 0.478 e. The van der Waals surface area contributed by atoms with Gasteiger partial charge in [-0.05, 0) is 12.1 Å². The van der Waals surface area contributed by atoms with Crippen LogP contribution in [0.1, 0.15) is 16.8 Å². The lowest BCUT2D eigenvalue weighted by molar-refractivity contribution is -0.120. The Morgan fingerprint density at radius 3 is 2.89 bits per heavy atom. The average Bonchev–Trinajstić information content (AvgIpc) is 2.54. The van der Waals surface area contributed by atoms with E-state index < -0.39 is 5.97 Å². The third-order valence-corrected chi connectivity index (χ3v) is 2.97. The monoisotopic (exact) mass is 249 g/mol. The van der Waals surface area contributed by atoms with Gasteiger partial charge in [-0.2, -0.15) is 0 Å².